The molecule has 1 aromatic heterocycles. The summed E-state index contributed by atoms with van der Waals surface area (Å²) in [6, 6.07) is 4.54. The highest BCUT2D eigenvalue weighted by Gasteiger charge is 2.11. The fourth-order valence-electron chi connectivity index (χ4n) is 1.50. The Kier molecular flexibility index (Phi) is 3.53. The Bertz CT molecular complexity index is 580. The molecule has 2 N–H and O–H groups in total. The Morgan fingerprint density at radius 1 is 1.56 bits per heavy atom. The monoisotopic (exact) mass is 266 g/mol. The number of carboxylic acid groups (broad SMARTS) is 1. The quantitative estimate of drug-likeness (QED) is 0.890. The van der Waals surface area contributed by atoms with Crippen LogP contribution in [-0.2, 0) is 6.54 Å². The van der Waals surface area contributed by atoms with Gasteiger partial charge in [-0.3, -0.25) is 0 Å². The van der Waals surface area contributed by atoms with Crippen molar-refractivity contribution < 1.29 is 14.3 Å². The van der Waals surface area contributed by atoms with E-state index in [1.165, 1.54) is 12.1 Å². The number of aromatic nitrogens is 1. The van der Waals surface area contributed by atoms with Crippen LogP contribution in [0.25, 0.3) is 0 Å². The fourth-order valence-corrected chi connectivity index (χ4v) is 1.68. The van der Waals surface area contributed by atoms with Gasteiger partial charge in [0.15, 0.2) is 0 Å². The van der Waals surface area contributed by atoms with Gasteiger partial charge >= 0.3 is 5.97 Å². The molecule has 0 unspecified atom stereocenters. The minimum Gasteiger partial charge on any atom is -0.478 e. The van der Waals surface area contributed by atoms with Crippen LogP contribution in [0.4, 0.5) is 5.69 Å². The third-order valence-electron chi connectivity index (χ3n) is 2.31. The highest BCUT2D eigenvalue weighted by atomic mass is 35.5. The number of benzene rings is 1. The Balaban J connectivity index is 2.17. The predicted molar refractivity (Wildman–Crippen MR) is 67.0 cm³/mol. The Labute approximate surface area is 108 Å². The second-order valence-electron chi connectivity index (χ2n) is 3.71. The van der Waals surface area contributed by atoms with E-state index in [2.05, 4.69) is 10.3 Å². The summed E-state index contributed by atoms with van der Waals surface area (Å²) in [5.41, 5.74) is 0.591. The molecular formula is C12H11ClN2O3. The van der Waals surface area contributed by atoms with Gasteiger partial charge in [-0.25, -0.2) is 9.78 Å². The summed E-state index contributed by atoms with van der Waals surface area (Å²) < 4.78 is 5.28. The molecule has 1 aromatic carbocycles. The van der Waals surface area contributed by atoms with Crippen LogP contribution in [0.2, 0.25) is 5.02 Å². The number of carbonyl (C=O) groups is 1. The van der Waals surface area contributed by atoms with E-state index >= 15 is 0 Å². The van der Waals surface area contributed by atoms with Crippen molar-refractivity contribution >= 4 is 23.3 Å². The van der Waals surface area contributed by atoms with Crippen molar-refractivity contribution in [2.45, 2.75) is 13.5 Å². The zero-order chi connectivity index (χ0) is 13.1. The number of halogens is 1. The molecule has 0 fully saturated rings. The summed E-state index contributed by atoms with van der Waals surface area (Å²) in [5, 5.41) is 12.4. The summed E-state index contributed by atoms with van der Waals surface area (Å²) in [6.07, 6.45) is 1.60. The number of anilines is 1. The number of oxazole rings is 1. The van der Waals surface area contributed by atoms with Crippen molar-refractivity contribution in [3.63, 3.8) is 0 Å². The van der Waals surface area contributed by atoms with E-state index in [4.69, 9.17) is 21.1 Å². The molecule has 0 spiro atoms. The number of nitrogens with one attached hydrogen (secondary N) is 1. The first-order valence-corrected chi connectivity index (χ1v) is 5.62. The summed E-state index contributed by atoms with van der Waals surface area (Å²) >= 11 is 5.84. The van der Waals surface area contributed by atoms with Crippen molar-refractivity contribution in [1.29, 1.82) is 0 Å². The van der Waals surface area contributed by atoms with Crippen LogP contribution in [0, 0.1) is 6.92 Å². The zero-order valence-electron chi connectivity index (χ0n) is 9.61. The SMILES string of the molecule is Cc1cnc(CNc2cc(Cl)ccc2C(=O)O)o1. The number of aromatic carboxylic acids is 1. The zero-order valence-corrected chi connectivity index (χ0v) is 10.4. The molecule has 0 aliphatic heterocycles. The molecule has 5 nitrogen and oxygen atoms in total. The van der Waals surface area contributed by atoms with Gasteiger partial charge in [0.2, 0.25) is 5.89 Å². The maximum atomic E-state index is 11.0. The van der Waals surface area contributed by atoms with Gasteiger partial charge in [-0.2, -0.15) is 0 Å². The largest absolute Gasteiger partial charge is 0.478 e. The molecule has 0 saturated carbocycles. The van der Waals surface area contributed by atoms with Crippen LogP contribution in [-0.4, -0.2) is 16.1 Å². The molecule has 18 heavy (non-hydrogen) atoms. The highest BCUT2D eigenvalue weighted by Crippen LogP contribution is 2.21. The number of aryl methyl sites for hydroxylation is 1. The van der Waals surface area contributed by atoms with Gasteiger partial charge in [0.25, 0.3) is 0 Å². The molecule has 2 aromatic rings. The first-order chi connectivity index (χ1) is 8.56. The third kappa shape index (κ3) is 2.81. The molecule has 0 bridgehead atoms. The Morgan fingerprint density at radius 3 is 2.94 bits per heavy atom. The van der Waals surface area contributed by atoms with E-state index in [1.807, 2.05) is 0 Å². The van der Waals surface area contributed by atoms with E-state index < -0.39 is 5.97 Å². The number of nitrogens with zero attached hydrogens (tertiary/aromatic N) is 1. The van der Waals surface area contributed by atoms with E-state index in [1.54, 1.807) is 19.2 Å². The first kappa shape index (κ1) is 12.4. The van der Waals surface area contributed by atoms with Crippen molar-refractivity contribution in [3.8, 4) is 0 Å². The van der Waals surface area contributed by atoms with Crippen LogP contribution in [0.3, 0.4) is 0 Å². The second-order valence-corrected chi connectivity index (χ2v) is 4.15. The lowest BCUT2D eigenvalue weighted by Crippen LogP contribution is -2.06. The van der Waals surface area contributed by atoms with Gasteiger partial charge in [0.1, 0.15) is 5.76 Å². The van der Waals surface area contributed by atoms with Crippen molar-refractivity contribution in [1.82, 2.24) is 4.98 Å². The molecule has 0 aliphatic carbocycles. The van der Waals surface area contributed by atoms with Gasteiger partial charge < -0.3 is 14.8 Å². The van der Waals surface area contributed by atoms with E-state index in [-0.39, 0.29) is 5.56 Å². The molecule has 0 aliphatic rings. The minimum atomic E-state index is -1.02. The molecule has 2 rings (SSSR count). The Hall–Kier alpha value is -2.01. The maximum Gasteiger partial charge on any atom is 0.337 e. The third-order valence-corrected chi connectivity index (χ3v) is 2.55. The van der Waals surface area contributed by atoms with E-state index in [0.717, 1.165) is 0 Å². The van der Waals surface area contributed by atoms with E-state index in [0.29, 0.717) is 28.9 Å². The van der Waals surface area contributed by atoms with Crippen LogP contribution in [0.5, 0.6) is 0 Å². The lowest BCUT2D eigenvalue weighted by molar-refractivity contribution is 0.0698. The van der Waals surface area contributed by atoms with Gasteiger partial charge in [0, 0.05) is 5.02 Å². The first-order valence-electron chi connectivity index (χ1n) is 5.24. The van der Waals surface area contributed by atoms with Crippen molar-refractivity contribution in [2.24, 2.45) is 0 Å². The van der Waals surface area contributed by atoms with Gasteiger partial charge in [0.05, 0.1) is 24.0 Å². The number of hydrogen-bond donors (Lipinski definition) is 2. The lowest BCUT2D eigenvalue weighted by atomic mass is 10.2. The molecule has 0 radical (unpaired) electrons. The van der Waals surface area contributed by atoms with Crippen LogP contribution >= 0.6 is 11.6 Å². The number of hydrogen-bond acceptors (Lipinski definition) is 4. The van der Waals surface area contributed by atoms with Crippen LogP contribution < -0.4 is 5.32 Å². The topological polar surface area (TPSA) is 75.4 Å². The highest BCUT2D eigenvalue weighted by molar-refractivity contribution is 6.31. The summed E-state index contributed by atoms with van der Waals surface area (Å²) in [5.74, 6) is 0.179. The molecule has 0 saturated heterocycles. The average molecular weight is 267 g/mol. The predicted octanol–water partition coefficient (Wildman–Crippen LogP) is 2.95. The standard InChI is InChI=1S/C12H11ClN2O3/c1-7-5-15-11(18-7)6-14-10-4-8(13)2-3-9(10)12(16)17/h2-5,14H,6H2,1H3,(H,16,17). The Morgan fingerprint density at radius 2 is 2.33 bits per heavy atom. The van der Waals surface area contributed by atoms with Gasteiger partial charge in [-0.15, -0.1) is 0 Å². The smallest absolute Gasteiger partial charge is 0.337 e. The number of rotatable bonds is 4. The summed E-state index contributed by atoms with van der Waals surface area (Å²) in [7, 11) is 0. The normalized spacial score (nSPS) is 10.3. The van der Waals surface area contributed by atoms with Crippen LogP contribution in [0.1, 0.15) is 22.0 Å². The van der Waals surface area contributed by atoms with E-state index in [9.17, 15) is 4.79 Å². The maximum absolute atomic E-state index is 11.0. The van der Waals surface area contributed by atoms with Gasteiger partial charge in [-0.1, -0.05) is 11.6 Å². The molecule has 6 heteroatoms. The summed E-state index contributed by atoms with van der Waals surface area (Å²) in [6.45, 7) is 2.09. The second kappa shape index (κ2) is 5.10. The van der Waals surface area contributed by atoms with Gasteiger partial charge in [-0.05, 0) is 25.1 Å². The fraction of sp³-hybridized carbons (Fsp3) is 0.167. The summed E-state index contributed by atoms with van der Waals surface area (Å²) in [4.78, 5) is 15.0. The molecule has 0 atom stereocenters. The lowest BCUT2D eigenvalue weighted by Gasteiger charge is -2.08. The van der Waals surface area contributed by atoms with Crippen molar-refractivity contribution in [2.75, 3.05) is 5.32 Å². The molecule has 1 heterocycles. The molecular weight excluding hydrogens is 256 g/mol. The molecule has 0 amide bonds. The van der Waals surface area contributed by atoms with Crippen molar-refractivity contribution in [3.05, 3.63) is 46.6 Å². The average Bonchev–Trinajstić information content (AvgIpc) is 2.72. The van der Waals surface area contributed by atoms with Crippen LogP contribution in [0.15, 0.2) is 28.8 Å². The molecule has 94 valence electrons. The minimum absolute atomic E-state index is 0.155. The number of carboxylic acids is 1.